The SMILES string of the molecule is CCN(c1ccccc1)c1ccc(C(=O)NC2CCCCCC2)nn1. The third-order valence-corrected chi connectivity index (χ3v) is 4.73. The van der Waals surface area contributed by atoms with Crippen molar-refractivity contribution in [1.29, 1.82) is 0 Å². The van der Waals surface area contributed by atoms with E-state index in [1.54, 1.807) is 6.07 Å². The van der Waals surface area contributed by atoms with Crippen LogP contribution in [-0.4, -0.2) is 28.7 Å². The van der Waals surface area contributed by atoms with E-state index in [0.29, 0.717) is 5.69 Å². The number of anilines is 2. The van der Waals surface area contributed by atoms with Gasteiger partial charge in [-0.25, -0.2) is 0 Å². The summed E-state index contributed by atoms with van der Waals surface area (Å²) in [5.41, 5.74) is 1.45. The van der Waals surface area contributed by atoms with Crippen molar-refractivity contribution in [3.63, 3.8) is 0 Å². The van der Waals surface area contributed by atoms with Crippen molar-refractivity contribution in [2.75, 3.05) is 11.4 Å². The van der Waals surface area contributed by atoms with Gasteiger partial charge in [0.25, 0.3) is 5.91 Å². The molecule has 0 aliphatic heterocycles. The zero-order valence-corrected chi connectivity index (χ0v) is 14.8. The number of nitrogens with zero attached hydrogens (tertiary/aromatic N) is 3. The van der Waals surface area contributed by atoms with Gasteiger partial charge >= 0.3 is 0 Å². The molecule has 1 N–H and O–H groups in total. The molecule has 25 heavy (non-hydrogen) atoms. The molecule has 0 unspecified atom stereocenters. The monoisotopic (exact) mass is 338 g/mol. The van der Waals surface area contributed by atoms with Crippen LogP contribution >= 0.6 is 0 Å². The van der Waals surface area contributed by atoms with E-state index in [1.165, 1.54) is 25.7 Å². The highest BCUT2D eigenvalue weighted by molar-refractivity contribution is 5.92. The van der Waals surface area contributed by atoms with Gasteiger partial charge in [0.15, 0.2) is 11.5 Å². The molecule has 1 heterocycles. The minimum Gasteiger partial charge on any atom is -0.348 e. The summed E-state index contributed by atoms with van der Waals surface area (Å²) in [7, 11) is 0. The van der Waals surface area contributed by atoms with E-state index >= 15 is 0 Å². The van der Waals surface area contributed by atoms with Crippen LogP contribution in [0.25, 0.3) is 0 Å². The molecule has 1 aliphatic carbocycles. The van der Waals surface area contributed by atoms with Crippen molar-refractivity contribution >= 4 is 17.4 Å². The van der Waals surface area contributed by atoms with Crippen LogP contribution in [0.4, 0.5) is 11.5 Å². The quantitative estimate of drug-likeness (QED) is 0.834. The first kappa shape index (κ1) is 17.4. The second-order valence-electron chi connectivity index (χ2n) is 6.52. The van der Waals surface area contributed by atoms with Crippen LogP contribution in [0.3, 0.4) is 0 Å². The average Bonchev–Trinajstić information content (AvgIpc) is 2.92. The van der Waals surface area contributed by atoms with E-state index in [4.69, 9.17) is 0 Å². The molecule has 0 radical (unpaired) electrons. The second kappa shape index (κ2) is 8.60. The van der Waals surface area contributed by atoms with Crippen LogP contribution in [0.2, 0.25) is 0 Å². The maximum absolute atomic E-state index is 12.4. The summed E-state index contributed by atoms with van der Waals surface area (Å²) in [4.78, 5) is 14.5. The highest BCUT2D eigenvalue weighted by atomic mass is 16.2. The van der Waals surface area contributed by atoms with Gasteiger partial charge in [-0.15, -0.1) is 10.2 Å². The molecule has 0 spiro atoms. The molecule has 1 aromatic carbocycles. The number of hydrogen-bond donors (Lipinski definition) is 1. The lowest BCUT2D eigenvalue weighted by molar-refractivity contribution is 0.0927. The maximum Gasteiger partial charge on any atom is 0.272 e. The van der Waals surface area contributed by atoms with Gasteiger partial charge in [0.2, 0.25) is 0 Å². The number of benzene rings is 1. The van der Waals surface area contributed by atoms with Gasteiger partial charge in [0, 0.05) is 18.3 Å². The molecule has 0 atom stereocenters. The zero-order valence-electron chi connectivity index (χ0n) is 14.8. The Morgan fingerprint density at radius 3 is 2.36 bits per heavy atom. The van der Waals surface area contributed by atoms with Crippen LogP contribution < -0.4 is 10.2 Å². The van der Waals surface area contributed by atoms with Gasteiger partial charge in [0.05, 0.1) is 0 Å². The smallest absolute Gasteiger partial charge is 0.272 e. The van der Waals surface area contributed by atoms with Crippen molar-refractivity contribution in [3.8, 4) is 0 Å². The molecule has 132 valence electrons. The maximum atomic E-state index is 12.4. The van der Waals surface area contributed by atoms with E-state index in [9.17, 15) is 4.79 Å². The van der Waals surface area contributed by atoms with Crippen molar-refractivity contribution in [2.24, 2.45) is 0 Å². The first-order valence-corrected chi connectivity index (χ1v) is 9.25. The summed E-state index contributed by atoms with van der Waals surface area (Å²) in [5, 5.41) is 11.5. The molecule has 0 bridgehead atoms. The minimum atomic E-state index is -0.117. The normalized spacial score (nSPS) is 15.4. The number of carbonyl (C=O) groups excluding carboxylic acids is 1. The Morgan fingerprint density at radius 2 is 1.76 bits per heavy atom. The highest BCUT2D eigenvalue weighted by Crippen LogP contribution is 2.22. The Kier molecular flexibility index (Phi) is 5.99. The van der Waals surface area contributed by atoms with Crippen LogP contribution in [0, 0.1) is 0 Å². The molecule has 3 rings (SSSR count). The Bertz CT molecular complexity index is 664. The van der Waals surface area contributed by atoms with E-state index < -0.39 is 0 Å². The van der Waals surface area contributed by atoms with Crippen LogP contribution in [-0.2, 0) is 0 Å². The standard InChI is InChI=1S/C20H26N4O/c1-2-24(17-12-8-5-9-13-17)19-15-14-18(22-23-19)20(25)21-16-10-6-3-4-7-11-16/h5,8-9,12-16H,2-4,6-7,10-11H2,1H3,(H,21,25). The summed E-state index contributed by atoms with van der Waals surface area (Å²) < 4.78 is 0. The van der Waals surface area contributed by atoms with Crippen LogP contribution in [0.15, 0.2) is 42.5 Å². The number of amides is 1. The Hall–Kier alpha value is -2.43. The van der Waals surface area contributed by atoms with E-state index in [0.717, 1.165) is 30.9 Å². The molecule has 1 fully saturated rings. The van der Waals surface area contributed by atoms with Gasteiger partial charge in [-0.2, -0.15) is 0 Å². The average molecular weight is 338 g/mol. The largest absolute Gasteiger partial charge is 0.348 e. The fourth-order valence-electron chi connectivity index (χ4n) is 3.36. The predicted molar refractivity (Wildman–Crippen MR) is 100 cm³/mol. The van der Waals surface area contributed by atoms with E-state index in [1.807, 2.05) is 36.4 Å². The molecule has 2 aromatic rings. The minimum absolute atomic E-state index is 0.117. The van der Waals surface area contributed by atoms with Crippen LogP contribution in [0.1, 0.15) is 55.9 Å². The molecular formula is C20H26N4O. The number of para-hydroxylation sites is 1. The fraction of sp³-hybridized carbons (Fsp3) is 0.450. The zero-order chi connectivity index (χ0) is 17.5. The predicted octanol–water partition coefficient (Wildman–Crippen LogP) is 4.09. The summed E-state index contributed by atoms with van der Waals surface area (Å²) in [6.07, 6.45) is 7.06. The van der Waals surface area contributed by atoms with E-state index in [2.05, 4.69) is 27.3 Å². The van der Waals surface area contributed by atoms with Crippen molar-refractivity contribution in [2.45, 2.75) is 51.5 Å². The molecule has 5 nitrogen and oxygen atoms in total. The summed E-state index contributed by atoms with van der Waals surface area (Å²) in [5.74, 6) is 0.633. The summed E-state index contributed by atoms with van der Waals surface area (Å²) >= 11 is 0. The summed E-state index contributed by atoms with van der Waals surface area (Å²) in [6, 6.07) is 14.0. The van der Waals surface area contributed by atoms with Gasteiger partial charge in [-0.1, -0.05) is 43.9 Å². The molecular weight excluding hydrogens is 312 g/mol. The second-order valence-corrected chi connectivity index (χ2v) is 6.52. The third kappa shape index (κ3) is 4.56. The fourth-order valence-corrected chi connectivity index (χ4v) is 3.36. The van der Waals surface area contributed by atoms with Gasteiger partial charge in [0.1, 0.15) is 0 Å². The molecule has 1 aromatic heterocycles. The van der Waals surface area contributed by atoms with E-state index in [-0.39, 0.29) is 11.9 Å². The number of aromatic nitrogens is 2. The molecule has 1 aliphatic rings. The Labute approximate surface area is 149 Å². The lowest BCUT2D eigenvalue weighted by atomic mass is 10.1. The number of carbonyl (C=O) groups is 1. The topological polar surface area (TPSA) is 58.1 Å². The number of nitrogens with one attached hydrogen (secondary N) is 1. The van der Waals surface area contributed by atoms with Crippen molar-refractivity contribution in [1.82, 2.24) is 15.5 Å². The van der Waals surface area contributed by atoms with Gasteiger partial charge in [-0.3, -0.25) is 4.79 Å². The van der Waals surface area contributed by atoms with Crippen molar-refractivity contribution in [3.05, 3.63) is 48.2 Å². The lowest BCUT2D eigenvalue weighted by Crippen LogP contribution is -2.35. The first-order valence-electron chi connectivity index (χ1n) is 9.25. The van der Waals surface area contributed by atoms with Crippen LogP contribution in [0.5, 0.6) is 0 Å². The third-order valence-electron chi connectivity index (χ3n) is 4.73. The molecule has 1 amide bonds. The Balaban J connectivity index is 1.67. The molecule has 0 saturated heterocycles. The number of hydrogen-bond acceptors (Lipinski definition) is 4. The van der Waals surface area contributed by atoms with Gasteiger partial charge in [-0.05, 0) is 44.0 Å². The molecule has 5 heteroatoms. The first-order chi connectivity index (χ1) is 12.3. The van der Waals surface area contributed by atoms with Gasteiger partial charge < -0.3 is 10.2 Å². The lowest BCUT2D eigenvalue weighted by Gasteiger charge is -2.21. The summed E-state index contributed by atoms with van der Waals surface area (Å²) in [6.45, 7) is 2.85. The Morgan fingerprint density at radius 1 is 1.04 bits per heavy atom. The van der Waals surface area contributed by atoms with Crippen molar-refractivity contribution < 1.29 is 4.79 Å². The molecule has 1 saturated carbocycles. The number of rotatable bonds is 5. The highest BCUT2D eigenvalue weighted by Gasteiger charge is 2.17.